The number of amides is 1. The third-order valence-electron chi connectivity index (χ3n) is 2.95. The Kier molecular flexibility index (Phi) is 5.78. The summed E-state index contributed by atoms with van der Waals surface area (Å²) in [5.41, 5.74) is 6.42. The Morgan fingerprint density at radius 2 is 2.00 bits per heavy atom. The summed E-state index contributed by atoms with van der Waals surface area (Å²) >= 11 is 4.88. The molecule has 0 radical (unpaired) electrons. The summed E-state index contributed by atoms with van der Waals surface area (Å²) in [5, 5.41) is 0. The van der Waals surface area contributed by atoms with Crippen LogP contribution < -0.4 is 10.6 Å². The Bertz CT molecular complexity index is 406. The van der Waals surface area contributed by atoms with Crippen LogP contribution >= 0.6 is 12.2 Å². The summed E-state index contributed by atoms with van der Waals surface area (Å²) in [7, 11) is 0. The lowest BCUT2D eigenvalue weighted by molar-refractivity contribution is -0.121. The largest absolute Gasteiger partial charge is 0.393 e. The molecule has 18 heavy (non-hydrogen) atoms. The van der Waals surface area contributed by atoms with E-state index in [0.717, 1.165) is 12.1 Å². The van der Waals surface area contributed by atoms with Gasteiger partial charge in [-0.2, -0.15) is 0 Å². The van der Waals surface area contributed by atoms with Crippen LogP contribution in [0.25, 0.3) is 0 Å². The maximum atomic E-state index is 12.3. The topological polar surface area (TPSA) is 46.3 Å². The van der Waals surface area contributed by atoms with E-state index in [1.165, 1.54) is 0 Å². The van der Waals surface area contributed by atoms with E-state index in [1.807, 2.05) is 44.2 Å². The van der Waals surface area contributed by atoms with Gasteiger partial charge in [0.2, 0.25) is 5.91 Å². The van der Waals surface area contributed by atoms with Gasteiger partial charge >= 0.3 is 0 Å². The molecular weight excluding hydrogens is 244 g/mol. The molecule has 1 aromatic rings. The average Bonchev–Trinajstić information content (AvgIpc) is 2.38. The fourth-order valence-electron chi connectivity index (χ4n) is 1.64. The Labute approximate surface area is 114 Å². The van der Waals surface area contributed by atoms with Crippen molar-refractivity contribution in [3.05, 3.63) is 30.3 Å². The van der Waals surface area contributed by atoms with Gasteiger partial charge in [-0.1, -0.05) is 44.3 Å². The number of nitrogens with zero attached hydrogens (tertiary/aromatic N) is 1. The van der Waals surface area contributed by atoms with Crippen LogP contribution in [0.1, 0.15) is 26.7 Å². The number of para-hydroxylation sites is 1. The van der Waals surface area contributed by atoms with Crippen molar-refractivity contribution in [1.29, 1.82) is 0 Å². The van der Waals surface area contributed by atoms with Crippen LogP contribution in [0.3, 0.4) is 0 Å². The van der Waals surface area contributed by atoms with Gasteiger partial charge in [-0.25, -0.2) is 0 Å². The van der Waals surface area contributed by atoms with E-state index in [1.54, 1.807) is 4.90 Å². The van der Waals surface area contributed by atoms with Gasteiger partial charge in [0.15, 0.2) is 0 Å². The minimum absolute atomic E-state index is 0.0107. The zero-order valence-electron chi connectivity index (χ0n) is 10.9. The Morgan fingerprint density at radius 3 is 2.50 bits per heavy atom. The number of thiocarbonyl (C=S) groups is 1. The first-order valence-corrected chi connectivity index (χ1v) is 6.61. The van der Waals surface area contributed by atoms with Crippen LogP contribution in [-0.4, -0.2) is 17.4 Å². The predicted octanol–water partition coefficient (Wildman–Crippen LogP) is 2.74. The minimum Gasteiger partial charge on any atom is -0.393 e. The van der Waals surface area contributed by atoms with E-state index >= 15 is 0 Å². The van der Waals surface area contributed by atoms with Crippen molar-refractivity contribution in [3.63, 3.8) is 0 Å². The van der Waals surface area contributed by atoms with Crippen LogP contribution in [0.15, 0.2) is 30.3 Å². The van der Waals surface area contributed by atoms with E-state index < -0.39 is 0 Å². The molecule has 3 nitrogen and oxygen atoms in total. The number of anilines is 1. The first kappa shape index (κ1) is 14.6. The second-order valence-corrected chi connectivity index (χ2v) is 4.88. The molecule has 0 aliphatic rings. The van der Waals surface area contributed by atoms with Crippen molar-refractivity contribution >= 4 is 28.8 Å². The third-order valence-corrected chi connectivity index (χ3v) is 3.15. The van der Waals surface area contributed by atoms with Crippen LogP contribution in [0.2, 0.25) is 0 Å². The molecular formula is C14H20N2OS. The molecule has 0 fully saturated rings. The number of benzene rings is 1. The SMILES string of the molecule is CCC(C)C(=O)N(CCC(N)=S)c1ccccc1. The molecule has 1 amide bonds. The number of hydrogen-bond acceptors (Lipinski definition) is 2. The summed E-state index contributed by atoms with van der Waals surface area (Å²) in [6, 6.07) is 9.64. The summed E-state index contributed by atoms with van der Waals surface area (Å²) < 4.78 is 0. The smallest absolute Gasteiger partial charge is 0.229 e. The first-order chi connectivity index (χ1) is 8.56. The molecule has 0 spiro atoms. The highest BCUT2D eigenvalue weighted by atomic mass is 32.1. The van der Waals surface area contributed by atoms with Gasteiger partial charge < -0.3 is 10.6 Å². The maximum Gasteiger partial charge on any atom is 0.229 e. The molecule has 0 aliphatic carbocycles. The molecule has 4 heteroatoms. The number of carbonyl (C=O) groups excluding carboxylic acids is 1. The lowest BCUT2D eigenvalue weighted by atomic mass is 10.1. The van der Waals surface area contributed by atoms with Crippen molar-refractivity contribution in [2.75, 3.05) is 11.4 Å². The van der Waals surface area contributed by atoms with Gasteiger partial charge in [-0.3, -0.25) is 4.79 Å². The van der Waals surface area contributed by atoms with Crippen molar-refractivity contribution in [3.8, 4) is 0 Å². The standard InChI is InChI=1S/C14H20N2OS/c1-3-11(2)14(17)16(10-9-13(15)18)12-7-5-4-6-8-12/h4-8,11H,3,9-10H2,1-2H3,(H2,15,18). The Hall–Kier alpha value is -1.42. The first-order valence-electron chi connectivity index (χ1n) is 6.21. The third kappa shape index (κ3) is 4.11. The van der Waals surface area contributed by atoms with Gasteiger partial charge in [-0.15, -0.1) is 0 Å². The van der Waals surface area contributed by atoms with Crippen LogP contribution in [-0.2, 0) is 4.79 Å². The van der Waals surface area contributed by atoms with Crippen molar-refractivity contribution < 1.29 is 4.79 Å². The van der Waals surface area contributed by atoms with Gasteiger partial charge in [0.25, 0.3) is 0 Å². The van der Waals surface area contributed by atoms with Crippen LogP contribution in [0.5, 0.6) is 0 Å². The zero-order valence-corrected chi connectivity index (χ0v) is 11.7. The Balaban J connectivity index is 2.88. The van der Waals surface area contributed by atoms with E-state index in [9.17, 15) is 4.79 Å². The maximum absolute atomic E-state index is 12.3. The molecule has 0 saturated heterocycles. The monoisotopic (exact) mass is 264 g/mol. The number of hydrogen-bond donors (Lipinski definition) is 1. The second-order valence-electron chi connectivity index (χ2n) is 4.35. The van der Waals surface area contributed by atoms with Gasteiger partial charge in [-0.05, 0) is 18.6 Å². The molecule has 1 atom stereocenters. The van der Waals surface area contributed by atoms with E-state index in [2.05, 4.69) is 0 Å². The van der Waals surface area contributed by atoms with E-state index in [0.29, 0.717) is 18.0 Å². The van der Waals surface area contributed by atoms with Gasteiger partial charge in [0.05, 0.1) is 4.99 Å². The number of rotatable bonds is 6. The fourth-order valence-corrected chi connectivity index (χ4v) is 1.73. The summed E-state index contributed by atoms with van der Waals surface area (Å²) in [4.78, 5) is 14.5. The molecule has 0 aliphatic heterocycles. The second kappa shape index (κ2) is 7.11. The molecule has 0 aromatic heterocycles. The highest BCUT2D eigenvalue weighted by Crippen LogP contribution is 2.18. The molecule has 2 N–H and O–H groups in total. The van der Waals surface area contributed by atoms with E-state index in [-0.39, 0.29) is 11.8 Å². The number of nitrogens with two attached hydrogens (primary N) is 1. The van der Waals surface area contributed by atoms with Gasteiger partial charge in [0, 0.05) is 24.6 Å². The summed E-state index contributed by atoms with van der Waals surface area (Å²) in [6.07, 6.45) is 1.38. The van der Waals surface area contributed by atoms with Crippen molar-refractivity contribution in [1.82, 2.24) is 0 Å². The molecule has 1 rings (SSSR count). The normalized spacial score (nSPS) is 11.9. The van der Waals surface area contributed by atoms with Crippen molar-refractivity contribution in [2.24, 2.45) is 11.7 Å². The van der Waals surface area contributed by atoms with Crippen molar-refractivity contribution in [2.45, 2.75) is 26.7 Å². The molecule has 1 aromatic carbocycles. The molecule has 0 bridgehead atoms. The zero-order chi connectivity index (χ0) is 13.5. The molecule has 1 unspecified atom stereocenters. The number of carbonyl (C=O) groups is 1. The minimum atomic E-state index is 0.0107. The average molecular weight is 264 g/mol. The summed E-state index contributed by atoms with van der Waals surface area (Å²) in [5.74, 6) is 0.136. The molecule has 0 heterocycles. The van der Waals surface area contributed by atoms with Crippen LogP contribution in [0, 0.1) is 5.92 Å². The molecule has 0 saturated carbocycles. The predicted molar refractivity (Wildman–Crippen MR) is 79.7 cm³/mol. The van der Waals surface area contributed by atoms with Crippen LogP contribution in [0.4, 0.5) is 5.69 Å². The molecule has 98 valence electrons. The fraction of sp³-hybridized carbons (Fsp3) is 0.429. The lowest BCUT2D eigenvalue weighted by Gasteiger charge is -2.25. The summed E-state index contributed by atoms with van der Waals surface area (Å²) in [6.45, 7) is 4.50. The lowest BCUT2D eigenvalue weighted by Crippen LogP contribution is -2.37. The van der Waals surface area contributed by atoms with E-state index in [4.69, 9.17) is 18.0 Å². The highest BCUT2D eigenvalue weighted by molar-refractivity contribution is 7.80. The Morgan fingerprint density at radius 1 is 1.39 bits per heavy atom. The quantitative estimate of drug-likeness (QED) is 0.804. The highest BCUT2D eigenvalue weighted by Gasteiger charge is 2.20. The van der Waals surface area contributed by atoms with Gasteiger partial charge in [0.1, 0.15) is 0 Å².